The van der Waals surface area contributed by atoms with E-state index in [1.807, 2.05) is 39.0 Å². The fourth-order valence-corrected chi connectivity index (χ4v) is 7.24. The quantitative estimate of drug-likeness (QED) is 0.234. The van der Waals surface area contributed by atoms with E-state index in [2.05, 4.69) is 13.0 Å². The minimum absolute atomic E-state index is 0.0217. The molecule has 2 fully saturated rings. The molecule has 0 aromatic heterocycles. The summed E-state index contributed by atoms with van der Waals surface area (Å²) >= 11 is 0. The van der Waals surface area contributed by atoms with Crippen molar-refractivity contribution >= 4 is 11.8 Å². The molecule has 210 valence electrons. The Morgan fingerprint density at radius 1 is 1.03 bits per heavy atom. The Kier molecular flexibility index (Phi) is 8.88. The fourth-order valence-electron chi connectivity index (χ4n) is 7.24. The van der Waals surface area contributed by atoms with Crippen molar-refractivity contribution in [1.29, 1.82) is 0 Å². The first kappa shape index (κ1) is 28.9. The maximum Gasteiger partial charge on any atom is 0.305 e. The van der Waals surface area contributed by atoms with Crippen LogP contribution in [0.5, 0.6) is 11.5 Å². The lowest BCUT2D eigenvalue weighted by atomic mass is 9.55. The smallest absolute Gasteiger partial charge is 0.305 e. The number of ketones is 1. The summed E-state index contributed by atoms with van der Waals surface area (Å²) in [4.78, 5) is 23.0. The van der Waals surface area contributed by atoms with E-state index >= 15 is 0 Å². The van der Waals surface area contributed by atoms with Gasteiger partial charge in [-0.1, -0.05) is 31.6 Å². The third-order valence-electron chi connectivity index (χ3n) is 9.40. The number of carbonyl (C=O) groups excluding carboxylic acids is 2. The highest BCUT2D eigenvalue weighted by Crippen LogP contribution is 2.61. The lowest BCUT2D eigenvalue weighted by Crippen LogP contribution is -2.45. The van der Waals surface area contributed by atoms with Crippen LogP contribution < -0.4 is 0 Å². The van der Waals surface area contributed by atoms with Crippen LogP contribution in [0.1, 0.15) is 106 Å². The van der Waals surface area contributed by atoms with E-state index in [-0.39, 0.29) is 29.0 Å². The molecule has 5 atom stereocenters. The molecular weight excluding hydrogens is 488 g/mol. The molecule has 0 saturated heterocycles. The van der Waals surface area contributed by atoms with E-state index < -0.39 is 0 Å². The van der Waals surface area contributed by atoms with Crippen LogP contribution in [-0.2, 0) is 22.4 Å². The van der Waals surface area contributed by atoms with E-state index in [0.29, 0.717) is 41.9 Å². The maximum atomic E-state index is 11.8. The summed E-state index contributed by atoms with van der Waals surface area (Å²) in [5.74, 6) is 2.59. The molecule has 2 saturated carbocycles. The molecule has 0 radical (unpaired) electrons. The predicted molar refractivity (Wildman–Crippen MR) is 154 cm³/mol. The molecule has 5 rings (SSSR count). The summed E-state index contributed by atoms with van der Waals surface area (Å²) in [6.45, 7) is 9.77. The van der Waals surface area contributed by atoms with Gasteiger partial charge >= 0.3 is 5.97 Å². The molecular formula is C34H44O5. The molecule has 0 bridgehead atoms. The van der Waals surface area contributed by atoms with Crippen molar-refractivity contribution in [2.75, 3.05) is 0 Å². The monoisotopic (exact) mass is 532 g/mol. The molecule has 5 unspecified atom stereocenters. The summed E-state index contributed by atoms with van der Waals surface area (Å²) < 4.78 is 5.83. The van der Waals surface area contributed by atoms with Gasteiger partial charge in [-0.05, 0) is 130 Å². The molecule has 0 heterocycles. The normalized spacial score (nSPS) is 26.7. The van der Waals surface area contributed by atoms with Crippen LogP contribution in [0.4, 0.5) is 0 Å². The van der Waals surface area contributed by atoms with E-state index in [1.54, 1.807) is 18.2 Å². The van der Waals surface area contributed by atoms with Crippen LogP contribution in [0.25, 0.3) is 0 Å². The number of rotatable bonds is 5. The number of esters is 1. The first-order valence-electron chi connectivity index (χ1n) is 14.5. The second-order valence-corrected chi connectivity index (χ2v) is 12.1. The third-order valence-corrected chi connectivity index (χ3v) is 9.40. The van der Waals surface area contributed by atoms with Crippen LogP contribution in [0.15, 0.2) is 48.0 Å². The van der Waals surface area contributed by atoms with Gasteiger partial charge in [0.1, 0.15) is 17.6 Å². The van der Waals surface area contributed by atoms with E-state index in [1.165, 1.54) is 42.9 Å². The molecule has 2 aromatic carbocycles. The summed E-state index contributed by atoms with van der Waals surface area (Å²) in [7, 11) is 0. The van der Waals surface area contributed by atoms with Gasteiger partial charge in [-0.25, -0.2) is 0 Å². The molecule has 3 aliphatic carbocycles. The summed E-state index contributed by atoms with van der Waals surface area (Å²) in [5, 5.41) is 19.4. The van der Waals surface area contributed by atoms with Gasteiger partial charge in [0.2, 0.25) is 0 Å². The molecule has 0 spiro atoms. The molecule has 2 aromatic rings. The van der Waals surface area contributed by atoms with E-state index in [9.17, 15) is 19.8 Å². The topological polar surface area (TPSA) is 83.8 Å². The predicted octanol–water partition coefficient (Wildman–Crippen LogP) is 7.67. The number of phenols is 2. The molecule has 0 aliphatic heterocycles. The van der Waals surface area contributed by atoms with Gasteiger partial charge in [-0.15, -0.1) is 0 Å². The molecule has 3 aliphatic rings. The van der Waals surface area contributed by atoms with Crippen molar-refractivity contribution in [3.63, 3.8) is 0 Å². The Morgan fingerprint density at radius 2 is 1.79 bits per heavy atom. The standard InChI is InChI=1S/C21H28O3.C13H16O2/c1-3-20(23)24-19-9-8-18-17-6-4-13-12-14(22)5-7-15(13)16(17)10-11-21(18,19)2;1-9(2)4-5-12-8-11(10(3)14)6-7-13(12)15/h5,7,12,16-19,22H,3-4,6,8-11H2,1-2H3;4,6-8,15H,5H2,1-3H3. The Morgan fingerprint density at radius 3 is 2.49 bits per heavy atom. The Balaban J connectivity index is 0.000000204. The highest BCUT2D eigenvalue weighted by Gasteiger charge is 2.56. The lowest BCUT2D eigenvalue weighted by Gasteiger charge is -2.50. The Labute approximate surface area is 233 Å². The second-order valence-electron chi connectivity index (χ2n) is 12.1. The number of phenolic OH excluding ortho intramolecular Hbond substituents is 2. The number of hydrogen-bond donors (Lipinski definition) is 2. The SMILES string of the molecule is CC(=O)c1ccc(O)c(CC=C(C)C)c1.CCC(=O)OC1CCC2C3CCc4cc(O)ccc4C3CCC12C. The number of Topliss-reactive ketones (excluding diaryl/α,β-unsaturated/α-hetero) is 1. The number of fused-ring (bicyclic) bond motifs is 5. The number of hydrogen-bond acceptors (Lipinski definition) is 5. The highest BCUT2D eigenvalue weighted by molar-refractivity contribution is 5.94. The first-order chi connectivity index (χ1) is 18.5. The zero-order valence-corrected chi connectivity index (χ0v) is 24.1. The lowest BCUT2D eigenvalue weighted by molar-refractivity contribution is -0.157. The van der Waals surface area contributed by atoms with Crippen LogP contribution in [0.2, 0.25) is 0 Å². The summed E-state index contributed by atoms with van der Waals surface area (Å²) in [5.41, 5.74) is 5.59. The number of ether oxygens (including phenoxy) is 1. The van der Waals surface area contributed by atoms with Gasteiger partial charge in [0, 0.05) is 17.4 Å². The summed E-state index contributed by atoms with van der Waals surface area (Å²) in [6.07, 6.45) is 10.1. The van der Waals surface area contributed by atoms with Crippen LogP contribution in [-0.4, -0.2) is 28.1 Å². The van der Waals surface area contributed by atoms with E-state index in [0.717, 1.165) is 24.8 Å². The molecule has 39 heavy (non-hydrogen) atoms. The number of aromatic hydroxyl groups is 2. The zero-order valence-electron chi connectivity index (χ0n) is 24.1. The van der Waals surface area contributed by atoms with Crippen molar-refractivity contribution in [1.82, 2.24) is 0 Å². The van der Waals surface area contributed by atoms with Crippen molar-refractivity contribution in [3.8, 4) is 11.5 Å². The molecule has 5 heteroatoms. The number of aryl methyl sites for hydroxylation is 1. The maximum absolute atomic E-state index is 11.8. The number of carbonyl (C=O) groups is 2. The molecule has 0 amide bonds. The van der Waals surface area contributed by atoms with Crippen LogP contribution in [0, 0.1) is 17.3 Å². The summed E-state index contributed by atoms with van der Waals surface area (Å²) in [6, 6.07) is 10.9. The Hall–Kier alpha value is -3.08. The minimum atomic E-state index is -0.0477. The van der Waals surface area contributed by atoms with Crippen LogP contribution in [0.3, 0.4) is 0 Å². The molecule has 2 N–H and O–H groups in total. The van der Waals surface area contributed by atoms with Gasteiger partial charge < -0.3 is 14.9 Å². The van der Waals surface area contributed by atoms with Crippen LogP contribution >= 0.6 is 0 Å². The average molecular weight is 533 g/mol. The zero-order chi connectivity index (χ0) is 28.3. The minimum Gasteiger partial charge on any atom is -0.508 e. The van der Waals surface area contributed by atoms with Gasteiger partial charge in [0.25, 0.3) is 0 Å². The van der Waals surface area contributed by atoms with Crippen molar-refractivity contribution in [3.05, 3.63) is 70.3 Å². The average Bonchev–Trinajstić information content (AvgIpc) is 3.23. The molecule has 5 nitrogen and oxygen atoms in total. The van der Waals surface area contributed by atoms with Gasteiger partial charge in [-0.2, -0.15) is 0 Å². The Bertz CT molecular complexity index is 1240. The van der Waals surface area contributed by atoms with E-state index in [4.69, 9.17) is 4.74 Å². The van der Waals surface area contributed by atoms with Gasteiger partial charge in [-0.3, -0.25) is 9.59 Å². The van der Waals surface area contributed by atoms with Gasteiger partial charge in [0.15, 0.2) is 5.78 Å². The van der Waals surface area contributed by atoms with Gasteiger partial charge in [0.05, 0.1) is 0 Å². The fraction of sp³-hybridized carbons (Fsp3) is 0.529. The van der Waals surface area contributed by atoms with Crippen molar-refractivity contribution in [2.45, 2.75) is 98.0 Å². The first-order valence-corrected chi connectivity index (χ1v) is 14.5. The van der Waals surface area contributed by atoms with Crippen molar-refractivity contribution in [2.24, 2.45) is 17.3 Å². The largest absolute Gasteiger partial charge is 0.508 e. The number of allylic oxidation sites excluding steroid dienone is 2. The third kappa shape index (κ3) is 6.23. The number of benzene rings is 2. The van der Waals surface area contributed by atoms with Crippen molar-refractivity contribution < 1.29 is 24.5 Å². The second kappa shape index (κ2) is 12.0. The highest BCUT2D eigenvalue weighted by atomic mass is 16.5.